The van der Waals surface area contributed by atoms with E-state index >= 15 is 0 Å². The highest BCUT2D eigenvalue weighted by molar-refractivity contribution is 9.18. The van der Waals surface area contributed by atoms with Crippen molar-refractivity contribution >= 4 is 20.6 Å². The zero-order valence-electron chi connectivity index (χ0n) is 8.08. The van der Waals surface area contributed by atoms with Crippen LogP contribution in [-0.2, 0) is 4.74 Å². The Bertz CT molecular complexity index is 232. The Labute approximate surface area is 93.1 Å². The van der Waals surface area contributed by atoms with Gasteiger partial charge < -0.3 is 4.74 Å². The Kier molecular flexibility index (Phi) is 5.75. The molecular weight excluding hydrogens is 244 g/mol. The number of hydrogen-bond donors (Lipinski definition) is 1. The second-order valence-corrected chi connectivity index (χ2v) is 3.90. The maximum absolute atomic E-state index is 7.09. The summed E-state index contributed by atoms with van der Waals surface area (Å²) in [5.41, 5.74) is 0. The molecule has 78 valence electrons. The van der Waals surface area contributed by atoms with Gasteiger partial charge in [0.1, 0.15) is 0 Å². The van der Waals surface area contributed by atoms with E-state index in [1.54, 1.807) is 6.08 Å². The number of nitrogens with zero attached hydrogens (tertiary/aromatic N) is 1. The fourth-order valence-electron chi connectivity index (χ4n) is 1.21. The minimum atomic E-state index is 0.397. The van der Waals surface area contributed by atoms with Crippen LogP contribution in [-0.4, -0.2) is 42.4 Å². The van der Waals surface area contributed by atoms with Crippen LogP contribution in [0.25, 0.3) is 0 Å². The summed E-state index contributed by atoms with van der Waals surface area (Å²) in [6, 6.07) is 0. The highest BCUT2D eigenvalue weighted by atomic mass is 79.9. The maximum atomic E-state index is 7.09. The molecule has 3 nitrogen and oxygen atoms in total. The van der Waals surface area contributed by atoms with Gasteiger partial charge in [-0.1, -0.05) is 18.2 Å². The van der Waals surface area contributed by atoms with E-state index in [9.17, 15) is 0 Å². The average molecular weight is 259 g/mol. The van der Waals surface area contributed by atoms with E-state index in [-0.39, 0.29) is 0 Å². The molecule has 1 aliphatic rings. The van der Waals surface area contributed by atoms with Crippen molar-refractivity contribution in [2.24, 2.45) is 0 Å². The lowest BCUT2D eigenvalue weighted by atomic mass is 10.3. The smallest absolute Gasteiger partial charge is 0.0966 e. The summed E-state index contributed by atoms with van der Waals surface area (Å²) >= 11 is 3.04. The quantitative estimate of drug-likeness (QED) is 0.617. The van der Waals surface area contributed by atoms with E-state index in [1.807, 2.05) is 12.2 Å². The summed E-state index contributed by atoms with van der Waals surface area (Å²) in [7, 11) is 0. The largest absolute Gasteiger partial charge is 0.379 e. The van der Waals surface area contributed by atoms with E-state index in [1.165, 1.54) is 0 Å². The van der Waals surface area contributed by atoms with Crippen molar-refractivity contribution in [1.82, 2.24) is 4.90 Å². The van der Waals surface area contributed by atoms with Gasteiger partial charge in [0, 0.05) is 19.6 Å². The third kappa shape index (κ3) is 5.32. The lowest BCUT2D eigenvalue weighted by Crippen LogP contribution is -2.36. The highest BCUT2D eigenvalue weighted by Crippen LogP contribution is 1.96. The predicted molar refractivity (Wildman–Crippen MR) is 62.2 cm³/mol. The molecule has 0 aromatic carbocycles. The molecule has 0 bridgehead atoms. The number of hydrogen-bond acceptors (Lipinski definition) is 3. The van der Waals surface area contributed by atoms with Crippen LogP contribution in [0.5, 0.6) is 0 Å². The molecule has 1 saturated heterocycles. The molecule has 1 N–H and O–H groups in total. The first-order valence-electron chi connectivity index (χ1n) is 4.66. The lowest BCUT2D eigenvalue weighted by Gasteiger charge is -2.24. The van der Waals surface area contributed by atoms with E-state index in [4.69, 9.17) is 10.1 Å². The molecule has 1 aliphatic heterocycles. The van der Waals surface area contributed by atoms with Gasteiger partial charge in [-0.05, 0) is 22.0 Å². The monoisotopic (exact) mass is 258 g/mol. The van der Waals surface area contributed by atoms with Crippen LogP contribution in [0.1, 0.15) is 0 Å². The predicted octanol–water partition coefficient (Wildman–Crippen LogP) is 1.80. The van der Waals surface area contributed by atoms with Crippen molar-refractivity contribution < 1.29 is 4.74 Å². The molecule has 0 saturated carbocycles. The Morgan fingerprint density at radius 3 is 2.71 bits per heavy atom. The van der Waals surface area contributed by atoms with Crippen molar-refractivity contribution in [2.45, 2.75) is 0 Å². The Morgan fingerprint density at radius 1 is 1.36 bits per heavy atom. The minimum absolute atomic E-state index is 0.397. The van der Waals surface area contributed by atoms with Crippen LogP contribution in [0.2, 0.25) is 0 Å². The molecule has 0 amide bonds. The zero-order valence-corrected chi connectivity index (χ0v) is 9.66. The molecule has 0 unspecified atom stereocenters. The van der Waals surface area contributed by atoms with Crippen LogP contribution in [0.4, 0.5) is 0 Å². The van der Waals surface area contributed by atoms with Gasteiger partial charge in [0.15, 0.2) is 0 Å². The topological polar surface area (TPSA) is 36.3 Å². The normalized spacial score (nSPS) is 19.5. The van der Waals surface area contributed by atoms with Gasteiger partial charge >= 0.3 is 0 Å². The van der Waals surface area contributed by atoms with Gasteiger partial charge in [-0.2, -0.15) is 0 Å². The number of halogens is 1. The van der Waals surface area contributed by atoms with Gasteiger partial charge in [0.05, 0.1) is 17.8 Å². The molecule has 1 fully saturated rings. The molecule has 1 rings (SSSR count). The minimum Gasteiger partial charge on any atom is -0.379 e. The molecule has 0 radical (unpaired) electrons. The number of rotatable bonds is 4. The molecule has 1 heterocycles. The summed E-state index contributed by atoms with van der Waals surface area (Å²) in [4.78, 5) is 2.34. The SMILES string of the molecule is N=C(Br)/C=C\C=C\CN1CCOCC1. The number of nitrogens with one attached hydrogen (secondary N) is 1. The van der Waals surface area contributed by atoms with Crippen LogP contribution in [0.15, 0.2) is 24.3 Å². The zero-order chi connectivity index (χ0) is 10.2. The highest BCUT2D eigenvalue weighted by Gasteiger charge is 2.06. The second-order valence-electron chi connectivity index (χ2n) is 3.05. The van der Waals surface area contributed by atoms with E-state index in [0.717, 1.165) is 32.8 Å². The van der Waals surface area contributed by atoms with Gasteiger partial charge in [-0.25, -0.2) is 0 Å². The Hall–Kier alpha value is -0.450. The van der Waals surface area contributed by atoms with Crippen molar-refractivity contribution in [1.29, 1.82) is 5.41 Å². The first-order valence-corrected chi connectivity index (χ1v) is 5.45. The fourth-order valence-corrected chi connectivity index (χ4v) is 1.36. The molecule has 0 aliphatic carbocycles. The van der Waals surface area contributed by atoms with E-state index < -0.39 is 0 Å². The van der Waals surface area contributed by atoms with E-state index in [0.29, 0.717) is 4.62 Å². The van der Waals surface area contributed by atoms with Crippen molar-refractivity contribution in [3.8, 4) is 0 Å². The van der Waals surface area contributed by atoms with E-state index in [2.05, 4.69) is 26.9 Å². The Balaban J connectivity index is 2.15. The van der Waals surface area contributed by atoms with Crippen LogP contribution >= 0.6 is 15.9 Å². The van der Waals surface area contributed by atoms with Gasteiger partial charge in [0.2, 0.25) is 0 Å². The molecule has 0 aromatic heterocycles. The third-order valence-corrected chi connectivity index (χ3v) is 2.22. The molecule has 0 atom stereocenters. The van der Waals surface area contributed by atoms with Crippen LogP contribution in [0, 0.1) is 5.41 Å². The molecular formula is C10H15BrN2O. The molecule has 14 heavy (non-hydrogen) atoms. The summed E-state index contributed by atoms with van der Waals surface area (Å²) in [5, 5.41) is 7.09. The molecule has 0 aromatic rings. The standard InChI is InChI=1S/C10H15BrN2O/c11-10(12)4-2-1-3-5-13-6-8-14-9-7-13/h1-4,12H,5-9H2/b3-1+,4-2-,12-10?. The van der Waals surface area contributed by atoms with Crippen molar-refractivity contribution in [2.75, 3.05) is 32.8 Å². The van der Waals surface area contributed by atoms with Gasteiger partial charge in [-0.15, -0.1) is 0 Å². The lowest BCUT2D eigenvalue weighted by molar-refractivity contribution is 0.0434. The molecule has 4 heteroatoms. The Morgan fingerprint density at radius 2 is 2.07 bits per heavy atom. The number of allylic oxidation sites excluding steroid dienone is 3. The van der Waals surface area contributed by atoms with Crippen molar-refractivity contribution in [3.63, 3.8) is 0 Å². The number of morpholine rings is 1. The van der Waals surface area contributed by atoms with Crippen molar-refractivity contribution in [3.05, 3.63) is 24.3 Å². The fraction of sp³-hybridized carbons (Fsp3) is 0.500. The first kappa shape index (κ1) is 11.6. The van der Waals surface area contributed by atoms with Crippen LogP contribution in [0.3, 0.4) is 0 Å². The van der Waals surface area contributed by atoms with Gasteiger partial charge in [0.25, 0.3) is 0 Å². The summed E-state index contributed by atoms with van der Waals surface area (Å²) < 4.78 is 5.64. The first-order chi connectivity index (χ1) is 6.79. The maximum Gasteiger partial charge on any atom is 0.0966 e. The number of ether oxygens (including phenoxy) is 1. The summed E-state index contributed by atoms with van der Waals surface area (Å²) in [6.07, 6.45) is 7.62. The summed E-state index contributed by atoms with van der Waals surface area (Å²) in [6.45, 7) is 4.68. The van der Waals surface area contributed by atoms with Crippen LogP contribution < -0.4 is 0 Å². The molecule has 0 spiro atoms. The summed E-state index contributed by atoms with van der Waals surface area (Å²) in [5.74, 6) is 0. The van der Waals surface area contributed by atoms with Gasteiger partial charge in [-0.3, -0.25) is 10.3 Å². The average Bonchev–Trinajstić information content (AvgIpc) is 2.18. The second kappa shape index (κ2) is 6.92. The third-order valence-electron chi connectivity index (χ3n) is 1.96.